The van der Waals surface area contributed by atoms with Crippen LogP contribution in [-0.4, -0.2) is 15.0 Å². The molecule has 0 radical (unpaired) electrons. The van der Waals surface area contributed by atoms with E-state index in [9.17, 15) is 13.7 Å². The van der Waals surface area contributed by atoms with E-state index in [2.05, 4.69) is 0 Å². The topological polar surface area (TPSA) is 38.7 Å². The summed E-state index contributed by atoms with van der Waals surface area (Å²) in [5.41, 5.74) is -8.43. The first-order chi connectivity index (χ1) is 32.2. The standard InChI is InChI=1S/C45H35N3/c1-4-15-31(16-5-1)42-46-43(32-17-6-2-7-18-32)48-44(47-42)39-23-9-8-21-36(39)35-20-14-19-33(29-35)34-25-26-38-37-22-10-11-24-40(37)45(41(38)30-34)27-12-3-13-28-45/h1-2,4-11,14-26,29-30H,3,12-13,27-28H2/i3D2,10D,11D,12D2,13D2,14D,19D,20D,22D,24D,25D,26D,27D2,28D2,29D,30D. The number of hydrogen-bond donors (Lipinski definition) is 0. The van der Waals surface area contributed by atoms with Gasteiger partial charge >= 0.3 is 0 Å². The van der Waals surface area contributed by atoms with E-state index >= 15 is 0 Å². The van der Waals surface area contributed by atoms with Crippen LogP contribution >= 0.6 is 0 Å². The monoisotopic (exact) mass is 638 g/mol. The van der Waals surface area contributed by atoms with Gasteiger partial charge in [0.05, 0.1) is 15.1 Å². The molecule has 1 heterocycles. The van der Waals surface area contributed by atoms with Gasteiger partial charge in [-0.15, -0.1) is 0 Å². The van der Waals surface area contributed by atoms with Crippen molar-refractivity contribution in [1.82, 2.24) is 15.0 Å². The molecule has 230 valence electrons. The van der Waals surface area contributed by atoms with Gasteiger partial charge < -0.3 is 0 Å². The first-order valence-electron chi connectivity index (χ1n) is 25.5. The van der Waals surface area contributed by atoms with Crippen molar-refractivity contribution >= 4 is 0 Å². The molecule has 0 bridgehead atoms. The summed E-state index contributed by atoms with van der Waals surface area (Å²) >= 11 is 0. The molecule has 1 fully saturated rings. The molecule has 9 rings (SSSR count). The summed E-state index contributed by atoms with van der Waals surface area (Å²) in [6.45, 7) is 0. The fraction of sp³-hybridized carbons (Fsp3) is 0.133. The van der Waals surface area contributed by atoms with Gasteiger partial charge in [0, 0.05) is 35.8 Å². The molecule has 3 nitrogen and oxygen atoms in total. The van der Waals surface area contributed by atoms with Crippen molar-refractivity contribution in [2.24, 2.45) is 0 Å². The van der Waals surface area contributed by atoms with E-state index in [0.717, 1.165) is 0 Å². The third-order valence-corrected chi connectivity index (χ3v) is 8.14. The highest BCUT2D eigenvalue weighted by atomic mass is 15.0. The number of aromatic nitrogens is 3. The largest absolute Gasteiger partial charge is 0.208 e. The van der Waals surface area contributed by atoms with Crippen molar-refractivity contribution < 1.29 is 28.8 Å². The third-order valence-electron chi connectivity index (χ3n) is 8.14. The van der Waals surface area contributed by atoms with Crippen molar-refractivity contribution in [3.05, 3.63) is 163 Å². The molecule has 1 spiro atoms. The fourth-order valence-electron chi connectivity index (χ4n) is 5.90. The molecule has 0 unspecified atom stereocenters. The van der Waals surface area contributed by atoms with Gasteiger partial charge in [-0.2, -0.15) is 0 Å². The van der Waals surface area contributed by atoms with Gasteiger partial charge in [0.2, 0.25) is 0 Å². The fourth-order valence-corrected chi connectivity index (χ4v) is 5.90. The molecule has 7 aromatic rings. The summed E-state index contributed by atoms with van der Waals surface area (Å²) in [4.78, 5) is 14.3. The smallest absolute Gasteiger partial charge is 0.164 e. The number of fused-ring (bicyclic) bond motifs is 5. The van der Waals surface area contributed by atoms with Crippen LogP contribution in [0.3, 0.4) is 0 Å². The predicted octanol–water partition coefficient (Wildman–Crippen LogP) is 11.4. The van der Waals surface area contributed by atoms with Gasteiger partial charge in [-0.1, -0.05) is 158 Å². The Balaban J connectivity index is 1.40. The van der Waals surface area contributed by atoms with Crippen molar-refractivity contribution in [1.29, 1.82) is 0 Å². The molecular weight excluding hydrogens is 583 g/mol. The highest BCUT2D eigenvalue weighted by molar-refractivity contribution is 5.87. The molecule has 0 amide bonds. The van der Waals surface area contributed by atoms with Crippen LogP contribution in [0.5, 0.6) is 0 Å². The van der Waals surface area contributed by atoms with Gasteiger partial charge in [-0.25, -0.2) is 15.0 Å². The highest BCUT2D eigenvalue weighted by Crippen LogP contribution is 2.56. The van der Waals surface area contributed by atoms with Crippen molar-refractivity contribution in [3.8, 4) is 67.5 Å². The van der Waals surface area contributed by atoms with E-state index in [1.54, 1.807) is 66.7 Å². The van der Waals surface area contributed by atoms with Crippen molar-refractivity contribution in [3.63, 3.8) is 0 Å². The Kier molecular flexibility index (Phi) is 3.51. The number of nitrogens with zero attached hydrogens (tertiary/aromatic N) is 3. The van der Waals surface area contributed by atoms with Crippen LogP contribution in [0.1, 0.15) is 71.8 Å². The maximum absolute atomic E-state index is 9.89. The van der Waals surface area contributed by atoms with Crippen LogP contribution in [0.25, 0.3) is 67.5 Å². The van der Waals surface area contributed by atoms with Crippen LogP contribution in [0, 0.1) is 0 Å². The lowest BCUT2D eigenvalue weighted by molar-refractivity contribution is 0.353. The summed E-state index contributed by atoms with van der Waals surface area (Å²) in [5.74, 6) is 0.530. The number of hydrogen-bond acceptors (Lipinski definition) is 3. The molecular formula is C45H35N3. The van der Waals surface area contributed by atoms with E-state index in [0.29, 0.717) is 11.1 Å². The molecule has 3 heteroatoms. The summed E-state index contributed by atoms with van der Waals surface area (Å²) in [5, 5.41) is 0. The van der Waals surface area contributed by atoms with Crippen LogP contribution in [0.15, 0.2) is 151 Å². The number of benzene rings is 6. The zero-order valence-corrected chi connectivity index (χ0v) is 24.9. The summed E-state index contributed by atoms with van der Waals surface area (Å²) < 4.78 is 192. The second-order valence-corrected chi connectivity index (χ2v) is 11.0. The van der Waals surface area contributed by atoms with Crippen molar-refractivity contribution in [2.75, 3.05) is 0 Å². The van der Waals surface area contributed by atoms with Gasteiger partial charge in [0.1, 0.15) is 0 Å². The molecule has 1 aromatic heterocycles. The third kappa shape index (κ3) is 4.86. The van der Waals surface area contributed by atoms with Crippen LogP contribution in [0.2, 0.25) is 0 Å². The Morgan fingerprint density at radius 2 is 1.02 bits per heavy atom. The lowest BCUT2D eigenvalue weighted by Gasteiger charge is -2.36. The Labute approximate surface area is 311 Å². The van der Waals surface area contributed by atoms with E-state index in [1.165, 1.54) is 6.07 Å². The van der Waals surface area contributed by atoms with E-state index in [-0.39, 0.29) is 34.2 Å². The summed E-state index contributed by atoms with van der Waals surface area (Å²) in [6, 6.07) is 13.0. The normalized spacial score (nSPS) is 26.0. The maximum Gasteiger partial charge on any atom is 0.164 e. The van der Waals surface area contributed by atoms with Gasteiger partial charge in [0.25, 0.3) is 0 Å². The Morgan fingerprint density at radius 3 is 1.75 bits per heavy atom. The number of rotatable bonds is 5. The van der Waals surface area contributed by atoms with Crippen LogP contribution in [-0.2, 0) is 5.41 Å². The molecule has 2 aliphatic carbocycles. The molecule has 0 aliphatic heterocycles. The Bertz CT molecular complexity index is 3250. The molecule has 0 saturated heterocycles. The maximum atomic E-state index is 9.89. The Morgan fingerprint density at radius 1 is 0.438 bits per heavy atom. The average Bonchev–Trinajstić information content (AvgIpc) is 3.67. The lowest BCUT2D eigenvalue weighted by atomic mass is 9.67. The lowest BCUT2D eigenvalue weighted by Crippen LogP contribution is -2.28. The first-order valence-corrected chi connectivity index (χ1v) is 15.0. The highest BCUT2D eigenvalue weighted by Gasteiger charge is 2.43. The molecule has 0 N–H and O–H groups in total. The summed E-state index contributed by atoms with van der Waals surface area (Å²) in [7, 11) is 0. The second kappa shape index (κ2) is 11.8. The van der Waals surface area contributed by atoms with Gasteiger partial charge in [-0.3, -0.25) is 0 Å². The first kappa shape index (κ1) is 14.2. The molecule has 48 heavy (non-hydrogen) atoms. The molecule has 1 saturated carbocycles. The van der Waals surface area contributed by atoms with E-state index in [1.807, 2.05) is 12.1 Å². The molecule has 2 aliphatic rings. The predicted molar refractivity (Wildman–Crippen MR) is 196 cm³/mol. The molecule has 0 atom stereocenters. The van der Waals surface area contributed by atoms with Crippen molar-refractivity contribution in [2.45, 2.75) is 37.3 Å². The summed E-state index contributed by atoms with van der Waals surface area (Å²) in [6.07, 6.45) is -20.4. The zero-order valence-electron chi connectivity index (χ0n) is 45.9. The second-order valence-electron chi connectivity index (χ2n) is 11.0. The van der Waals surface area contributed by atoms with E-state index in [4.69, 9.17) is 30.0 Å². The minimum absolute atomic E-state index is 0.0351. The van der Waals surface area contributed by atoms with Crippen LogP contribution in [0.4, 0.5) is 0 Å². The van der Waals surface area contributed by atoms with Gasteiger partial charge in [-0.05, 0) is 69.3 Å². The zero-order chi connectivity index (χ0) is 50.5. The van der Waals surface area contributed by atoms with E-state index < -0.39 is 137 Å². The quantitative estimate of drug-likeness (QED) is 0.188. The average molecular weight is 639 g/mol. The minimum Gasteiger partial charge on any atom is -0.208 e. The Hall–Kier alpha value is -5.67. The molecule has 6 aromatic carbocycles. The van der Waals surface area contributed by atoms with Crippen LogP contribution < -0.4 is 0 Å². The van der Waals surface area contributed by atoms with Gasteiger partial charge in [0.15, 0.2) is 17.5 Å². The minimum atomic E-state index is -4.11. The SMILES string of the molecule is [2H]c1c([2H])c(-c2ccccc2-c2nc(-c3ccccc3)nc(-c3ccccc3)n2)c([2H])c(-c2c([2H])c([2H])c3c(c2[2H])C2(c4c([2H])c([2H])c([2H])c([2H])c4-3)C([2H])([2H])C([2H])([2H])C([2H])([2H])C([2H])([2H])C2([2H])[2H])c1[2H].